The average Bonchev–Trinajstić information content (AvgIpc) is 2.13. The molecule has 8 heteroatoms. The number of hydrogen-bond acceptors (Lipinski definition) is 3. The fourth-order valence-corrected chi connectivity index (χ4v) is 1.08. The number of carbonyl (C=O) groups is 2. The largest absolute Gasteiger partial charge is 0.479 e. The average molecular weight is 284 g/mol. The fourth-order valence-electron chi connectivity index (χ4n) is 1.08. The lowest BCUT2D eigenvalue weighted by atomic mass is 9.85. The van der Waals surface area contributed by atoms with Crippen molar-refractivity contribution >= 4 is 11.9 Å². The van der Waals surface area contributed by atoms with Crippen LogP contribution in [0.25, 0.3) is 0 Å². The van der Waals surface area contributed by atoms with Crippen molar-refractivity contribution in [1.82, 2.24) is 5.32 Å². The molecule has 112 valence electrons. The Morgan fingerprint density at radius 2 is 1.63 bits per heavy atom. The van der Waals surface area contributed by atoms with Gasteiger partial charge in [-0.3, -0.25) is 4.79 Å². The molecule has 0 aromatic rings. The summed E-state index contributed by atoms with van der Waals surface area (Å²) in [6, 6.07) is -0.682. The molecule has 0 aliphatic carbocycles. The molecule has 0 aliphatic rings. The molecule has 2 unspecified atom stereocenters. The maximum Gasteiger partial charge on any atom is 0.422 e. The summed E-state index contributed by atoms with van der Waals surface area (Å²) in [5.41, 5.74) is 1.87. The number of carboxylic acid groups (broad SMARTS) is 1. The van der Waals surface area contributed by atoms with Crippen LogP contribution in [0, 0.1) is 5.41 Å². The number of carboxylic acids is 1. The topological polar surface area (TPSA) is 92.4 Å². The number of aliphatic carboxylic acids is 1. The van der Waals surface area contributed by atoms with Crippen LogP contribution in [0.4, 0.5) is 13.2 Å². The van der Waals surface area contributed by atoms with Crippen molar-refractivity contribution in [2.24, 2.45) is 11.1 Å². The van der Waals surface area contributed by atoms with Crippen molar-refractivity contribution < 1.29 is 27.9 Å². The molecule has 0 rings (SSSR count). The third kappa shape index (κ3) is 4.38. The number of nitrogens with one attached hydrogen (secondary N) is 1. The van der Waals surface area contributed by atoms with Gasteiger partial charge in [0.25, 0.3) is 0 Å². The highest BCUT2D eigenvalue weighted by Crippen LogP contribution is 2.30. The van der Waals surface area contributed by atoms with E-state index in [9.17, 15) is 22.8 Å². The van der Waals surface area contributed by atoms with E-state index in [-0.39, 0.29) is 6.42 Å². The minimum atomic E-state index is -5.10. The third-order valence-electron chi connectivity index (χ3n) is 2.90. The number of alkyl halides is 3. The first-order valence-corrected chi connectivity index (χ1v) is 5.58. The van der Waals surface area contributed by atoms with E-state index >= 15 is 0 Å². The van der Waals surface area contributed by atoms with Gasteiger partial charge >= 0.3 is 12.1 Å². The van der Waals surface area contributed by atoms with Crippen molar-refractivity contribution in [1.29, 1.82) is 0 Å². The fraction of sp³-hybridized carbons (Fsp3) is 0.818. The molecular weight excluding hydrogens is 265 g/mol. The van der Waals surface area contributed by atoms with Crippen molar-refractivity contribution in [2.75, 3.05) is 0 Å². The first-order chi connectivity index (χ1) is 8.22. The van der Waals surface area contributed by atoms with Crippen LogP contribution < -0.4 is 11.1 Å². The molecule has 4 N–H and O–H groups in total. The minimum absolute atomic E-state index is 0.386. The predicted molar refractivity (Wildman–Crippen MR) is 62.3 cm³/mol. The van der Waals surface area contributed by atoms with Gasteiger partial charge in [0, 0.05) is 12.5 Å². The summed E-state index contributed by atoms with van der Waals surface area (Å²) in [5.74, 6) is -3.22. The number of nitrogens with two attached hydrogens (primary N) is 1. The lowest BCUT2D eigenvalue weighted by molar-refractivity contribution is -0.207. The summed E-state index contributed by atoms with van der Waals surface area (Å²) >= 11 is 0. The van der Waals surface area contributed by atoms with Crippen LogP contribution in [0.2, 0.25) is 0 Å². The number of hydrogen-bond donors (Lipinski definition) is 3. The zero-order valence-electron chi connectivity index (χ0n) is 11.3. The molecule has 2 atom stereocenters. The molecule has 1 amide bonds. The molecule has 0 aromatic carbocycles. The third-order valence-corrected chi connectivity index (χ3v) is 2.90. The van der Waals surface area contributed by atoms with Gasteiger partial charge in [-0.1, -0.05) is 20.8 Å². The van der Waals surface area contributed by atoms with Gasteiger partial charge in [-0.05, 0) is 12.3 Å². The van der Waals surface area contributed by atoms with Crippen LogP contribution >= 0.6 is 0 Å². The van der Waals surface area contributed by atoms with E-state index in [1.807, 2.05) is 0 Å². The quantitative estimate of drug-likeness (QED) is 0.725. The van der Waals surface area contributed by atoms with Crippen molar-refractivity contribution in [2.45, 2.75) is 51.9 Å². The second kappa shape index (κ2) is 5.36. The second-order valence-corrected chi connectivity index (χ2v) is 5.65. The van der Waals surface area contributed by atoms with E-state index in [4.69, 9.17) is 10.8 Å². The molecule has 0 radical (unpaired) electrons. The lowest BCUT2D eigenvalue weighted by Crippen LogP contribution is -2.62. The monoisotopic (exact) mass is 284 g/mol. The van der Waals surface area contributed by atoms with E-state index in [1.54, 1.807) is 20.8 Å². The standard InChI is InChI=1S/C11H19F3N2O3/c1-9(2,3)6(15)5-7(17)16-10(4,8(18)19)11(12,13)14/h6H,5,15H2,1-4H3,(H,16,17)(H,18,19). The molecule has 0 fully saturated rings. The predicted octanol–water partition coefficient (Wildman–Crippen LogP) is 1.27. The Kier molecular flexibility index (Phi) is 4.99. The Labute approximate surface area is 109 Å². The van der Waals surface area contributed by atoms with Crippen LogP contribution in [-0.2, 0) is 9.59 Å². The highest BCUT2D eigenvalue weighted by molar-refractivity contribution is 5.87. The number of rotatable bonds is 4. The van der Waals surface area contributed by atoms with E-state index in [0.717, 1.165) is 0 Å². The van der Waals surface area contributed by atoms with Gasteiger partial charge in [-0.2, -0.15) is 13.2 Å². The summed E-state index contributed by atoms with van der Waals surface area (Å²) in [6.07, 6.45) is -5.48. The summed E-state index contributed by atoms with van der Waals surface area (Å²) in [4.78, 5) is 22.2. The molecule has 0 bridgehead atoms. The molecule has 0 heterocycles. The first kappa shape index (κ1) is 17.7. The van der Waals surface area contributed by atoms with E-state index in [1.165, 1.54) is 5.32 Å². The Bertz CT molecular complexity index is 363. The van der Waals surface area contributed by atoms with Gasteiger partial charge in [0.2, 0.25) is 11.4 Å². The zero-order valence-corrected chi connectivity index (χ0v) is 11.3. The van der Waals surface area contributed by atoms with Crippen molar-refractivity contribution in [3.05, 3.63) is 0 Å². The van der Waals surface area contributed by atoms with E-state index in [2.05, 4.69) is 0 Å². The van der Waals surface area contributed by atoms with Crippen molar-refractivity contribution in [3.8, 4) is 0 Å². The Balaban J connectivity index is 4.92. The van der Waals surface area contributed by atoms with Crippen molar-refractivity contribution in [3.63, 3.8) is 0 Å². The molecule has 5 nitrogen and oxygen atoms in total. The molecular formula is C11H19F3N2O3. The SMILES string of the molecule is CC(C)(C)C(N)CC(=O)NC(C)(C(=O)O)C(F)(F)F. The first-order valence-electron chi connectivity index (χ1n) is 5.58. The van der Waals surface area contributed by atoms with Gasteiger partial charge < -0.3 is 16.2 Å². The van der Waals surface area contributed by atoms with Gasteiger partial charge in [0.05, 0.1) is 0 Å². The number of halogens is 3. The zero-order chi connectivity index (χ0) is 15.6. The molecule has 0 aromatic heterocycles. The second-order valence-electron chi connectivity index (χ2n) is 5.65. The van der Waals surface area contributed by atoms with E-state index in [0.29, 0.717) is 6.92 Å². The maximum absolute atomic E-state index is 12.7. The van der Waals surface area contributed by atoms with Crippen LogP contribution in [0.5, 0.6) is 0 Å². The molecule has 0 saturated heterocycles. The van der Waals surface area contributed by atoms with Crippen LogP contribution in [0.3, 0.4) is 0 Å². The molecule has 19 heavy (non-hydrogen) atoms. The smallest absolute Gasteiger partial charge is 0.422 e. The van der Waals surface area contributed by atoms with Crippen LogP contribution in [0.15, 0.2) is 0 Å². The molecule has 0 saturated carbocycles. The Morgan fingerprint density at radius 3 is 1.89 bits per heavy atom. The maximum atomic E-state index is 12.7. The highest BCUT2D eigenvalue weighted by atomic mass is 19.4. The van der Waals surface area contributed by atoms with Gasteiger partial charge in [0.15, 0.2) is 0 Å². The van der Waals surface area contributed by atoms with Gasteiger partial charge in [0.1, 0.15) is 0 Å². The summed E-state index contributed by atoms with van der Waals surface area (Å²) in [5, 5.41) is 10.1. The van der Waals surface area contributed by atoms with E-state index < -0.39 is 35.0 Å². The summed E-state index contributed by atoms with van der Waals surface area (Å²) < 4.78 is 38.0. The lowest BCUT2D eigenvalue weighted by Gasteiger charge is -2.31. The normalized spacial score (nSPS) is 17.5. The van der Waals surface area contributed by atoms with Crippen LogP contribution in [0.1, 0.15) is 34.1 Å². The Hall–Kier alpha value is -1.31. The minimum Gasteiger partial charge on any atom is -0.479 e. The van der Waals surface area contributed by atoms with Crippen LogP contribution in [-0.4, -0.2) is 34.7 Å². The number of carbonyl (C=O) groups excluding carboxylic acids is 1. The summed E-state index contributed by atoms with van der Waals surface area (Å²) in [6.45, 7) is 5.58. The molecule has 0 aliphatic heterocycles. The Morgan fingerprint density at radius 1 is 1.21 bits per heavy atom. The summed E-state index contributed by atoms with van der Waals surface area (Å²) in [7, 11) is 0. The highest BCUT2D eigenvalue weighted by Gasteiger charge is 2.58. The number of amides is 1. The van der Waals surface area contributed by atoms with Gasteiger partial charge in [-0.25, -0.2) is 4.79 Å². The van der Waals surface area contributed by atoms with Gasteiger partial charge in [-0.15, -0.1) is 0 Å². The molecule has 0 spiro atoms.